The van der Waals surface area contributed by atoms with Crippen molar-refractivity contribution in [3.63, 3.8) is 0 Å². The van der Waals surface area contributed by atoms with E-state index in [1.165, 1.54) is 5.56 Å². The minimum absolute atomic E-state index is 0.280. The zero-order chi connectivity index (χ0) is 16.4. The van der Waals surface area contributed by atoms with Gasteiger partial charge in [0.25, 0.3) is 0 Å². The lowest BCUT2D eigenvalue weighted by Gasteiger charge is -2.23. The number of aromatic nitrogens is 1. The highest BCUT2D eigenvalue weighted by Gasteiger charge is 2.39. The van der Waals surface area contributed by atoms with Crippen LogP contribution in [0.1, 0.15) is 11.1 Å². The lowest BCUT2D eigenvalue weighted by atomic mass is 9.71. The number of aryl methyl sites for hydroxylation is 1. The van der Waals surface area contributed by atoms with Gasteiger partial charge in [0.1, 0.15) is 0 Å². The molecular weight excluding hydrogens is 297 g/mol. The molecule has 0 saturated carbocycles. The molecule has 0 N–H and O–H groups in total. The van der Waals surface area contributed by atoms with Crippen molar-refractivity contribution in [1.29, 1.82) is 0 Å². The Morgan fingerprint density at radius 1 is 0.875 bits per heavy atom. The highest BCUT2D eigenvalue weighted by atomic mass is 16.6. The SMILES string of the molecule is Cc1ccc(N2B(c3ccccc3)ON=C2c2ccncc2)cc1. The van der Waals surface area contributed by atoms with Crippen LogP contribution < -0.4 is 10.3 Å². The molecule has 2 heterocycles. The van der Waals surface area contributed by atoms with Gasteiger partial charge in [-0.25, -0.2) is 0 Å². The number of hydrogen-bond donors (Lipinski definition) is 0. The lowest BCUT2D eigenvalue weighted by Crippen LogP contribution is -2.49. The van der Waals surface area contributed by atoms with Crippen LogP contribution in [0, 0.1) is 6.92 Å². The Morgan fingerprint density at radius 3 is 2.29 bits per heavy atom. The first kappa shape index (κ1) is 14.5. The molecule has 2 aromatic carbocycles. The number of oxime groups is 1. The van der Waals surface area contributed by atoms with E-state index in [0.29, 0.717) is 0 Å². The Morgan fingerprint density at radius 2 is 1.58 bits per heavy atom. The van der Waals surface area contributed by atoms with Crippen LogP contribution in [-0.4, -0.2) is 17.9 Å². The number of benzene rings is 2. The molecule has 3 aromatic rings. The fourth-order valence-corrected chi connectivity index (χ4v) is 2.79. The molecule has 5 heteroatoms. The summed E-state index contributed by atoms with van der Waals surface area (Å²) >= 11 is 0. The molecule has 0 atom stereocenters. The van der Waals surface area contributed by atoms with Gasteiger partial charge in [-0.3, -0.25) is 4.98 Å². The number of rotatable bonds is 3. The fourth-order valence-electron chi connectivity index (χ4n) is 2.79. The standard InChI is InChI=1S/C19H16BN3O/c1-15-7-9-18(10-8-15)23-19(16-11-13-21-14-12-16)22-24-20(23)17-5-3-2-4-6-17/h2-14H,1H3. The number of hydrogen-bond acceptors (Lipinski definition) is 4. The van der Waals surface area contributed by atoms with Gasteiger partial charge in [0.15, 0.2) is 5.84 Å². The maximum atomic E-state index is 5.80. The van der Waals surface area contributed by atoms with Gasteiger partial charge in [0.2, 0.25) is 0 Å². The van der Waals surface area contributed by atoms with Gasteiger partial charge in [0, 0.05) is 23.6 Å². The van der Waals surface area contributed by atoms with Crippen molar-refractivity contribution < 1.29 is 4.76 Å². The fraction of sp³-hybridized carbons (Fsp3) is 0.0526. The van der Waals surface area contributed by atoms with E-state index in [1.54, 1.807) is 12.4 Å². The highest BCUT2D eigenvalue weighted by molar-refractivity contribution is 6.76. The quantitative estimate of drug-likeness (QED) is 0.698. The van der Waals surface area contributed by atoms with Gasteiger partial charge in [-0.1, -0.05) is 53.2 Å². The summed E-state index contributed by atoms with van der Waals surface area (Å²) in [6.45, 7) is 2.08. The summed E-state index contributed by atoms with van der Waals surface area (Å²) in [6.07, 6.45) is 3.53. The number of pyridine rings is 1. The summed E-state index contributed by atoms with van der Waals surface area (Å²) in [6, 6.07) is 22.4. The van der Waals surface area contributed by atoms with Crippen molar-refractivity contribution in [2.24, 2.45) is 5.16 Å². The zero-order valence-electron chi connectivity index (χ0n) is 13.3. The molecule has 0 aliphatic carbocycles. The van der Waals surface area contributed by atoms with Crippen molar-refractivity contribution in [2.45, 2.75) is 6.92 Å². The maximum Gasteiger partial charge on any atom is 0.550 e. The topological polar surface area (TPSA) is 37.7 Å². The Hall–Kier alpha value is -3.08. The first-order chi connectivity index (χ1) is 11.8. The van der Waals surface area contributed by atoms with Gasteiger partial charge in [-0.2, -0.15) is 0 Å². The molecule has 0 fully saturated rings. The largest absolute Gasteiger partial charge is 0.550 e. The first-order valence-corrected chi connectivity index (χ1v) is 7.88. The van der Waals surface area contributed by atoms with Crippen LogP contribution in [0.5, 0.6) is 0 Å². The molecule has 4 rings (SSSR count). The number of nitrogens with zero attached hydrogens (tertiary/aromatic N) is 3. The van der Waals surface area contributed by atoms with Crippen LogP contribution in [0.2, 0.25) is 0 Å². The van der Waals surface area contributed by atoms with Gasteiger partial charge in [-0.15, -0.1) is 0 Å². The normalized spacial score (nSPS) is 13.6. The maximum absolute atomic E-state index is 5.80. The van der Waals surface area contributed by atoms with Gasteiger partial charge in [0.05, 0.1) is 0 Å². The molecule has 24 heavy (non-hydrogen) atoms. The second kappa shape index (κ2) is 6.20. The predicted molar refractivity (Wildman–Crippen MR) is 97.3 cm³/mol. The third-order valence-corrected chi connectivity index (χ3v) is 4.04. The van der Waals surface area contributed by atoms with E-state index in [4.69, 9.17) is 4.76 Å². The van der Waals surface area contributed by atoms with Crippen molar-refractivity contribution in [2.75, 3.05) is 4.81 Å². The molecule has 0 bridgehead atoms. The first-order valence-electron chi connectivity index (χ1n) is 7.88. The summed E-state index contributed by atoms with van der Waals surface area (Å²) in [5, 5.41) is 4.36. The van der Waals surface area contributed by atoms with Gasteiger partial charge >= 0.3 is 7.05 Å². The molecule has 1 aliphatic heterocycles. The Kier molecular flexibility index (Phi) is 3.75. The average molecular weight is 313 g/mol. The predicted octanol–water partition coefficient (Wildman–Crippen LogP) is 2.98. The second-order valence-electron chi connectivity index (χ2n) is 5.72. The molecule has 1 aliphatic rings. The van der Waals surface area contributed by atoms with E-state index in [9.17, 15) is 0 Å². The highest BCUT2D eigenvalue weighted by Crippen LogP contribution is 2.24. The summed E-state index contributed by atoms with van der Waals surface area (Å²) in [7, 11) is -0.280. The van der Waals surface area contributed by atoms with E-state index < -0.39 is 0 Å². The Labute approximate surface area is 141 Å². The van der Waals surface area contributed by atoms with E-state index in [1.807, 2.05) is 30.3 Å². The molecule has 4 nitrogen and oxygen atoms in total. The average Bonchev–Trinajstić information content (AvgIpc) is 3.09. The van der Waals surface area contributed by atoms with Crippen molar-refractivity contribution in [1.82, 2.24) is 4.98 Å². The van der Waals surface area contributed by atoms with Crippen LogP contribution in [-0.2, 0) is 4.76 Å². The van der Waals surface area contributed by atoms with Crippen LogP contribution in [0.15, 0.2) is 84.3 Å². The minimum atomic E-state index is -0.280. The lowest BCUT2D eigenvalue weighted by molar-refractivity contribution is 0.367. The van der Waals surface area contributed by atoms with E-state index >= 15 is 0 Å². The van der Waals surface area contributed by atoms with Crippen LogP contribution in [0.25, 0.3) is 0 Å². The number of amidine groups is 1. The summed E-state index contributed by atoms with van der Waals surface area (Å²) in [5.74, 6) is 0.787. The van der Waals surface area contributed by atoms with Crippen molar-refractivity contribution in [3.8, 4) is 0 Å². The summed E-state index contributed by atoms with van der Waals surface area (Å²) in [4.78, 5) is 6.20. The summed E-state index contributed by atoms with van der Waals surface area (Å²) < 4.78 is 5.80. The Balaban J connectivity index is 1.79. The molecule has 116 valence electrons. The smallest absolute Gasteiger partial charge is 0.432 e. The molecule has 0 unspecified atom stereocenters. The molecule has 0 amide bonds. The molecule has 0 spiro atoms. The van der Waals surface area contributed by atoms with Gasteiger partial charge < -0.3 is 9.57 Å². The van der Waals surface area contributed by atoms with Crippen LogP contribution in [0.3, 0.4) is 0 Å². The van der Waals surface area contributed by atoms with E-state index in [2.05, 4.69) is 58.3 Å². The van der Waals surface area contributed by atoms with E-state index in [-0.39, 0.29) is 7.05 Å². The van der Waals surface area contributed by atoms with Crippen LogP contribution in [0.4, 0.5) is 5.69 Å². The molecule has 0 radical (unpaired) electrons. The third kappa shape index (κ3) is 2.65. The Bertz CT molecular complexity index is 851. The van der Waals surface area contributed by atoms with Gasteiger partial charge in [-0.05, 0) is 36.7 Å². The summed E-state index contributed by atoms with van der Waals surface area (Å²) in [5.41, 5.74) is 4.30. The van der Waals surface area contributed by atoms with Crippen molar-refractivity contribution in [3.05, 3.63) is 90.3 Å². The number of anilines is 1. The minimum Gasteiger partial charge on any atom is -0.432 e. The molecular formula is C19H16BN3O. The third-order valence-electron chi connectivity index (χ3n) is 4.04. The second-order valence-corrected chi connectivity index (χ2v) is 5.72. The molecule has 1 aromatic heterocycles. The van der Waals surface area contributed by atoms with Crippen molar-refractivity contribution >= 4 is 24.0 Å². The monoisotopic (exact) mass is 313 g/mol. The van der Waals surface area contributed by atoms with E-state index in [0.717, 1.165) is 22.5 Å². The molecule has 0 saturated heterocycles. The van der Waals surface area contributed by atoms with Crippen LogP contribution >= 0.6 is 0 Å². The zero-order valence-corrected chi connectivity index (χ0v) is 13.3.